The summed E-state index contributed by atoms with van der Waals surface area (Å²) in [7, 11) is 0. The second-order valence-corrected chi connectivity index (χ2v) is 10.1. The van der Waals surface area contributed by atoms with Crippen molar-refractivity contribution in [3.63, 3.8) is 0 Å². The largest absolute Gasteiger partial charge is 0.454 e. The number of aryl methyl sites for hydroxylation is 2. The van der Waals surface area contributed by atoms with Crippen LogP contribution in [0.25, 0.3) is 22.2 Å². The lowest BCUT2D eigenvalue weighted by molar-refractivity contribution is 0.174. The fourth-order valence-corrected chi connectivity index (χ4v) is 6.30. The number of aromatic nitrogens is 1. The summed E-state index contributed by atoms with van der Waals surface area (Å²) in [6.45, 7) is 8.40. The number of hydrogen-bond donors (Lipinski definition) is 1. The van der Waals surface area contributed by atoms with Crippen LogP contribution >= 0.6 is 12.4 Å². The number of hydrogen-bond acceptors (Lipinski definition) is 4. The topological polar surface area (TPSA) is 46.9 Å². The minimum atomic E-state index is 0. The van der Waals surface area contributed by atoms with Gasteiger partial charge in [-0.15, -0.1) is 12.4 Å². The van der Waals surface area contributed by atoms with Gasteiger partial charge in [-0.2, -0.15) is 0 Å². The molecule has 37 heavy (non-hydrogen) atoms. The Morgan fingerprint density at radius 3 is 2.24 bits per heavy atom. The Kier molecular flexibility index (Phi) is 7.47. The summed E-state index contributed by atoms with van der Waals surface area (Å²) < 4.78 is 13.7. The third-order valence-corrected chi connectivity index (χ3v) is 7.95. The summed E-state index contributed by atoms with van der Waals surface area (Å²) in [6.07, 6.45) is 2.35. The molecule has 1 aromatic heterocycles. The number of ether oxygens (including phenoxy) is 2. The number of piperidine rings is 1. The fourth-order valence-electron chi connectivity index (χ4n) is 6.30. The number of fused-ring (bicyclic) bond motifs is 2. The van der Waals surface area contributed by atoms with Crippen LogP contribution in [0.15, 0.2) is 60.7 Å². The molecule has 0 spiro atoms. The van der Waals surface area contributed by atoms with E-state index in [-0.39, 0.29) is 25.8 Å². The molecule has 6 heteroatoms. The van der Waals surface area contributed by atoms with E-state index in [4.69, 9.17) is 9.47 Å². The fraction of sp³-hybridized carbons (Fsp3) is 0.355. The second-order valence-electron chi connectivity index (χ2n) is 10.1. The Morgan fingerprint density at radius 2 is 1.57 bits per heavy atom. The normalized spacial score (nSPS) is 15.8. The van der Waals surface area contributed by atoms with Crippen molar-refractivity contribution in [3.8, 4) is 22.8 Å². The monoisotopic (exact) mass is 518 g/mol. The minimum absolute atomic E-state index is 0. The molecule has 0 bridgehead atoms. The number of aliphatic hydroxyl groups is 1. The molecule has 2 aliphatic heterocycles. The van der Waals surface area contributed by atoms with Gasteiger partial charge in [0.25, 0.3) is 0 Å². The molecule has 0 atom stereocenters. The van der Waals surface area contributed by atoms with Crippen LogP contribution < -0.4 is 9.47 Å². The Morgan fingerprint density at radius 1 is 0.892 bits per heavy atom. The highest BCUT2D eigenvalue weighted by atomic mass is 35.5. The highest BCUT2D eigenvalue weighted by molar-refractivity contribution is 5.94. The number of aliphatic hydroxyl groups excluding tert-OH is 1. The molecular weight excluding hydrogens is 484 g/mol. The average Bonchev–Trinajstić information content (AvgIpc) is 3.47. The van der Waals surface area contributed by atoms with Crippen molar-refractivity contribution in [1.29, 1.82) is 0 Å². The molecule has 2 aliphatic rings. The lowest BCUT2D eigenvalue weighted by Crippen LogP contribution is -2.33. The molecule has 5 nitrogen and oxygen atoms in total. The van der Waals surface area contributed by atoms with Crippen LogP contribution in [0.2, 0.25) is 0 Å². The summed E-state index contributed by atoms with van der Waals surface area (Å²) in [5, 5.41) is 11.2. The van der Waals surface area contributed by atoms with Gasteiger partial charge < -0.3 is 19.1 Å². The van der Waals surface area contributed by atoms with Crippen LogP contribution in [-0.2, 0) is 13.1 Å². The first-order chi connectivity index (χ1) is 17.6. The standard InChI is InChI=1S/C31H34N2O3.ClH/c1-21-7-6-8-22(2)30(21)23-11-13-32(14-12-23)19-26-25-17-28-29(36-20-35-28)18-27(25)33(15-16-34)31(26)24-9-4-3-5-10-24;/h3-10,17-18,23,34H,11-16,19-20H2,1-2H3;1H. The van der Waals surface area contributed by atoms with Gasteiger partial charge in [0.15, 0.2) is 11.5 Å². The van der Waals surface area contributed by atoms with Gasteiger partial charge in [0, 0.05) is 24.5 Å². The van der Waals surface area contributed by atoms with Crippen LogP contribution in [0.1, 0.15) is 41.0 Å². The smallest absolute Gasteiger partial charge is 0.231 e. The van der Waals surface area contributed by atoms with Crippen molar-refractivity contribution in [3.05, 3.63) is 82.9 Å². The second kappa shape index (κ2) is 10.8. The molecule has 1 saturated heterocycles. The molecule has 0 unspecified atom stereocenters. The van der Waals surface area contributed by atoms with Crippen LogP contribution in [0.5, 0.6) is 11.5 Å². The van der Waals surface area contributed by atoms with Gasteiger partial charge in [-0.1, -0.05) is 48.5 Å². The minimum Gasteiger partial charge on any atom is -0.454 e. The molecule has 3 heterocycles. The van der Waals surface area contributed by atoms with Crippen molar-refractivity contribution in [2.75, 3.05) is 26.5 Å². The number of likely N-dealkylation sites (tertiary alicyclic amines) is 1. The van der Waals surface area contributed by atoms with Crippen LogP contribution in [0, 0.1) is 13.8 Å². The van der Waals surface area contributed by atoms with E-state index < -0.39 is 0 Å². The highest BCUT2D eigenvalue weighted by Crippen LogP contribution is 2.43. The van der Waals surface area contributed by atoms with E-state index in [2.05, 4.69) is 84.0 Å². The van der Waals surface area contributed by atoms with Gasteiger partial charge in [-0.25, -0.2) is 0 Å². The zero-order valence-electron chi connectivity index (χ0n) is 21.6. The van der Waals surface area contributed by atoms with Crippen molar-refractivity contribution >= 4 is 23.3 Å². The maximum atomic E-state index is 9.97. The molecule has 6 rings (SSSR count). The molecule has 0 saturated carbocycles. The van der Waals surface area contributed by atoms with Crippen molar-refractivity contribution in [2.24, 2.45) is 0 Å². The van der Waals surface area contributed by atoms with Gasteiger partial charge in [-0.3, -0.25) is 4.90 Å². The maximum absolute atomic E-state index is 9.97. The van der Waals surface area contributed by atoms with E-state index in [1.54, 1.807) is 5.56 Å². The maximum Gasteiger partial charge on any atom is 0.231 e. The number of rotatable bonds is 6. The van der Waals surface area contributed by atoms with Gasteiger partial charge in [0.05, 0.1) is 17.8 Å². The molecule has 1 N–H and O–H groups in total. The molecular formula is C31H35ClN2O3. The van der Waals surface area contributed by atoms with E-state index in [1.165, 1.54) is 46.2 Å². The third-order valence-electron chi connectivity index (χ3n) is 7.95. The third kappa shape index (κ3) is 4.72. The van der Waals surface area contributed by atoms with E-state index in [0.717, 1.165) is 36.6 Å². The zero-order chi connectivity index (χ0) is 24.6. The predicted molar refractivity (Wildman–Crippen MR) is 151 cm³/mol. The summed E-state index contributed by atoms with van der Waals surface area (Å²) in [5.74, 6) is 2.21. The number of halogens is 1. The zero-order valence-corrected chi connectivity index (χ0v) is 22.4. The average molecular weight is 519 g/mol. The predicted octanol–water partition coefficient (Wildman–Crippen LogP) is 6.45. The summed E-state index contributed by atoms with van der Waals surface area (Å²) in [5.41, 5.74) is 9.13. The van der Waals surface area contributed by atoms with E-state index in [9.17, 15) is 5.11 Å². The van der Waals surface area contributed by atoms with Crippen LogP contribution in [-0.4, -0.2) is 41.1 Å². The van der Waals surface area contributed by atoms with E-state index >= 15 is 0 Å². The molecule has 4 aromatic rings. The Balaban J connectivity index is 0.00000280. The first kappa shape index (κ1) is 25.7. The molecule has 1 fully saturated rings. The summed E-state index contributed by atoms with van der Waals surface area (Å²) in [6, 6.07) is 21.4. The molecule has 3 aromatic carbocycles. The summed E-state index contributed by atoms with van der Waals surface area (Å²) >= 11 is 0. The Bertz CT molecular complexity index is 1370. The first-order valence-corrected chi connectivity index (χ1v) is 13.0. The lowest BCUT2D eigenvalue weighted by Gasteiger charge is -2.33. The number of benzene rings is 3. The molecule has 194 valence electrons. The van der Waals surface area contributed by atoms with Gasteiger partial charge in [0.2, 0.25) is 6.79 Å². The molecule has 0 radical (unpaired) electrons. The Hall–Kier alpha value is -2.99. The van der Waals surface area contributed by atoms with Gasteiger partial charge >= 0.3 is 0 Å². The first-order valence-electron chi connectivity index (χ1n) is 13.0. The highest BCUT2D eigenvalue weighted by Gasteiger charge is 2.27. The van der Waals surface area contributed by atoms with Crippen molar-refractivity contribution in [2.45, 2.75) is 45.7 Å². The number of nitrogens with zero attached hydrogens (tertiary/aromatic N) is 2. The Labute approximate surface area is 225 Å². The van der Waals surface area contributed by atoms with E-state index in [1.807, 2.05) is 0 Å². The molecule has 0 amide bonds. The van der Waals surface area contributed by atoms with E-state index in [0.29, 0.717) is 12.5 Å². The van der Waals surface area contributed by atoms with Gasteiger partial charge in [0.1, 0.15) is 0 Å². The van der Waals surface area contributed by atoms with Crippen molar-refractivity contribution in [1.82, 2.24) is 9.47 Å². The summed E-state index contributed by atoms with van der Waals surface area (Å²) in [4.78, 5) is 2.60. The van der Waals surface area contributed by atoms with Gasteiger partial charge in [-0.05, 0) is 79.6 Å². The molecule has 0 aliphatic carbocycles. The quantitative estimate of drug-likeness (QED) is 0.319. The lowest BCUT2D eigenvalue weighted by atomic mass is 9.84. The van der Waals surface area contributed by atoms with Crippen LogP contribution in [0.4, 0.5) is 0 Å². The SMILES string of the molecule is Cc1cccc(C)c1C1CCN(Cc2c(-c3ccccc3)n(CCO)c3cc4c(cc23)OCO4)CC1.Cl. The van der Waals surface area contributed by atoms with Crippen molar-refractivity contribution < 1.29 is 14.6 Å². The van der Waals surface area contributed by atoms with Crippen LogP contribution in [0.3, 0.4) is 0 Å².